The number of aldehydes is 1. The van der Waals surface area contributed by atoms with Crippen molar-refractivity contribution in [2.75, 3.05) is 18.0 Å². The normalized spacial score (nSPS) is 21.4. The molecule has 1 aliphatic heterocycles. The maximum absolute atomic E-state index is 11.3. The number of anilines is 1. The Labute approximate surface area is 110 Å². The largest absolute Gasteiger partial charge is 0.353 e. The molecule has 4 rings (SSSR count). The van der Waals surface area contributed by atoms with Gasteiger partial charge in [-0.25, -0.2) is 4.52 Å². The summed E-state index contributed by atoms with van der Waals surface area (Å²) in [6.07, 6.45) is 8.16. The van der Waals surface area contributed by atoms with E-state index >= 15 is 0 Å². The van der Waals surface area contributed by atoms with Crippen LogP contribution in [-0.4, -0.2) is 40.0 Å². The van der Waals surface area contributed by atoms with Gasteiger partial charge in [0, 0.05) is 36.9 Å². The van der Waals surface area contributed by atoms with Gasteiger partial charge in [-0.1, -0.05) is 0 Å². The summed E-state index contributed by atoms with van der Waals surface area (Å²) < 4.78 is 1.71. The number of rotatable bonds is 2. The van der Waals surface area contributed by atoms with Gasteiger partial charge in [-0.05, 0) is 12.8 Å². The first-order chi connectivity index (χ1) is 9.21. The fraction of sp³-hybridized carbons (Fsp3) is 0.462. The molecule has 2 aromatic rings. The highest BCUT2D eigenvalue weighted by Gasteiger charge is 2.52. The molecule has 2 aromatic heterocycles. The van der Waals surface area contributed by atoms with Crippen molar-refractivity contribution in [1.82, 2.24) is 14.6 Å². The molecular weight excluding hydrogens is 242 g/mol. The number of carbonyl (C=O) groups is 1. The Morgan fingerprint density at radius 2 is 2.21 bits per heavy atom. The molecule has 0 atom stereocenters. The summed E-state index contributed by atoms with van der Waals surface area (Å²) in [5, 5.41) is 4.49. The molecule has 0 radical (unpaired) electrons. The molecule has 0 amide bonds. The molecular formula is C13H15N5O. The van der Waals surface area contributed by atoms with Crippen LogP contribution in [0, 0.1) is 5.41 Å². The molecule has 1 aliphatic carbocycles. The van der Waals surface area contributed by atoms with Gasteiger partial charge < -0.3 is 10.6 Å². The van der Waals surface area contributed by atoms with E-state index in [1.165, 1.54) is 0 Å². The highest BCUT2D eigenvalue weighted by atomic mass is 16.1. The first-order valence-electron chi connectivity index (χ1n) is 6.49. The van der Waals surface area contributed by atoms with E-state index in [9.17, 15) is 4.79 Å². The molecule has 2 fully saturated rings. The van der Waals surface area contributed by atoms with E-state index < -0.39 is 0 Å². The van der Waals surface area contributed by atoms with Crippen molar-refractivity contribution in [3.05, 3.63) is 24.2 Å². The van der Waals surface area contributed by atoms with Crippen LogP contribution in [0.1, 0.15) is 23.2 Å². The molecule has 1 saturated heterocycles. The van der Waals surface area contributed by atoms with Crippen LogP contribution in [-0.2, 0) is 0 Å². The van der Waals surface area contributed by atoms with Gasteiger partial charge in [-0.15, -0.1) is 5.10 Å². The minimum absolute atomic E-state index is 0.359. The molecule has 98 valence electrons. The lowest BCUT2D eigenvalue weighted by molar-refractivity contribution is 0.0656. The number of hydrogen-bond donors (Lipinski definition) is 1. The van der Waals surface area contributed by atoms with Gasteiger partial charge in [0.25, 0.3) is 0 Å². The zero-order valence-corrected chi connectivity index (χ0v) is 10.5. The summed E-state index contributed by atoms with van der Waals surface area (Å²) in [6, 6.07) is 0.359. The predicted molar refractivity (Wildman–Crippen MR) is 70.2 cm³/mol. The molecule has 2 N–H and O–H groups in total. The van der Waals surface area contributed by atoms with Crippen LogP contribution in [0.15, 0.2) is 18.6 Å². The first kappa shape index (κ1) is 10.9. The second-order valence-corrected chi connectivity index (χ2v) is 5.79. The summed E-state index contributed by atoms with van der Waals surface area (Å²) >= 11 is 0. The van der Waals surface area contributed by atoms with E-state index in [0.29, 0.717) is 17.0 Å². The van der Waals surface area contributed by atoms with E-state index in [2.05, 4.69) is 15.0 Å². The minimum Gasteiger partial charge on any atom is -0.353 e. The maximum Gasteiger partial charge on any atom is 0.162 e. The molecule has 3 heterocycles. The molecule has 1 saturated carbocycles. The topological polar surface area (TPSA) is 76.5 Å². The zero-order valence-electron chi connectivity index (χ0n) is 10.5. The molecule has 19 heavy (non-hydrogen) atoms. The van der Waals surface area contributed by atoms with Crippen molar-refractivity contribution in [3.8, 4) is 0 Å². The summed E-state index contributed by atoms with van der Waals surface area (Å²) in [4.78, 5) is 17.5. The Balaban J connectivity index is 1.67. The van der Waals surface area contributed by atoms with Gasteiger partial charge in [0.1, 0.15) is 0 Å². The molecule has 0 unspecified atom stereocenters. The van der Waals surface area contributed by atoms with Crippen molar-refractivity contribution in [3.63, 3.8) is 0 Å². The Kier molecular flexibility index (Phi) is 2.04. The van der Waals surface area contributed by atoms with Crippen LogP contribution in [0.2, 0.25) is 0 Å². The van der Waals surface area contributed by atoms with Gasteiger partial charge in [-0.3, -0.25) is 9.78 Å². The van der Waals surface area contributed by atoms with Gasteiger partial charge in [0.05, 0.1) is 17.3 Å². The van der Waals surface area contributed by atoms with Crippen molar-refractivity contribution < 1.29 is 4.79 Å². The maximum atomic E-state index is 11.3. The number of fused-ring (bicyclic) bond motifs is 1. The van der Waals surface area contributed by atoms with Gasteiger partial charge in [0.15, 0.2) is 12.1 Å². The van der Waals surface area contributed by atoms with Crippen LogP contribution in [0.25, 0.3) is 5.52 Å². The average Bonchev–Trinajstić information content (AvgIpc) is 2.69. The lowest BCUT2D eigenvalue weighted by Crippen LogP contribution is -2.65. The lowest BCUT2D eigenvalue weighted by atomic mass is 9.61. The van der Waals surface area contributed by atoms with Gasteiger partial charge in [0.2, 0.25) is 0 Å². The smallest absolute Gasteiger partial charge is 0.162 e. The summed E-state index contributed by atoms with van der Waals surface area (Å²) in [5.41, 5.74) is 7.64. The van der Waals surface area contributed by atoms with Crippen molar-refractivity contribution in [2.45, 2.75) is 18.9 Å². The van der Waals surface area contributed by atoms with Crippen LogP contribution < -0.4 is 10.6 Å². The number of nitrogens with zero attached hydrogens (tertiary/aromatic N) is 4. The highest BCUT2D eigenvalue weighted by Crippen LogP contribution is 2.49. The summed E-state index contributed by atoms with van der Waals surface area (Å²) in [5.74, 6) is 0.772. The number of carbonyl (C=O) groups excluding carboxylic acids is 1. The molecule has 6 nitrogen and oxygen atoms in total. The molecule has 0 aromatic carbocycles. The Morgan fingerprint density at radius 3 is 2.89 bits per heavy atom. The number of nitrogens with two attached hydrogens (primary N) is 1. The Morgan fingerprint density at radius 1 is 1.42 bits per heavy atom. The minimum atomic E-state index is 0.359. The Bertz CT molecular complexity index is 650. The van der Waals surface area contributed by atoms with Crippen molar-refractivity contribution >= 4 is 17.6 Å². The van der Waals surface area contributed by atoms with Crippen LogP contribution >= 0.6 is 0 Å². The fourth-order valence-corrected chi connectivity index (χ4v) is 3.48. The van der Waals surface area contributed by atoms with Crippen LogP contribution in [0.3, 0.4) is 0 Å². The number of hydrogen-bond acceptors (Lipinski definition) is 5. The quantitative estimate of drug-likeness (QED) is 0.791. The summed E-state index contributed by atoms with van der Waals surface area (Å²) in [6.45, 7) is 1.91. The van der Waals surface area contributed by atoms with Gasteiger partial charge >= 0.3 is 0 Å². The monoisotopic (exact) mass is 257 g/mol. The first-order valence-corrected chi connectivity index (χ1v) is 6.49. The van der Waals surface area contributed by atoms with E-state index in [1.54, 1.807) is 23.1 Å². The third-order valence-corrected chi connectivity index (χ3v) is 4.32. The van der Waals surface area contributed by atoms with E-state index in [4.69, 9.17) is 5.73 Å². The van der Waals surface area contributed by atoms with Crippen LogP contribution in [0.4, 0.5) is 5.82 Å². The SMILES string of the molecule is NC1CC2(C1)CN(c1nn3ccncc3c1C=O)C2. The highest BCUT2D eigenvalue weighted by molar-refractivity contribution is 5.93. The van der Waals surface area contributed by atoms with E-state index in [-0.39, 0.29) is 0 Å². The zero-order chi connectivity index (χ0) is 13.0. The number of aromatic nitrogens is 3. The van der Waals surface area contributed by atoms with Crippen molar-refractivity contribution in [2.24, 2.45) is 11.1 Å². The summed E-state index contributed by atoms with van der Waals surface area (Å²) in [7, 11) is 0. The standard InChI is InChI=1S/C13H15N5O/c14-9-3-13(4-9)7-17(8-13)12-10(6-19)11-5-15-1-2-18(11)16-12/h1-2,5-6,9H,3-4,7-8,14H2. The fourth-order valence-electron chi connectivity index (χ4n) is 3.48. The second-order valence-electron chi connectivity index (χ2n) is 5.79. The molecule has 2 aliphatic rings. The second kappa shape index (κ2) is 3.54. The third-order valence-electron chi connectivity index (χ3n) is 4.32. The average molecular weight is 257 g/mol. The third kappa shape index (κ3) is 1.43. The lowest BCUT2D eigenvalue weighted by Gasteiger charge is -2.58. The predicted octanol–water partition coefficient (Wildman–Crippen LogP) is 0.469. The van der Waals surface area contributed by atoms with Gasteiger partial charge in [-0.2, -0.15) is 0 Å². The van der Waals surface area contributed by atoms with Crippen LogP contribution in [0.5, 0.6) is 0 Å². The molecule has 0 bridgehead atoms. The van der Waals surface area contributed by atoms with E-state index in [1.807, 2.05) is 0 Å². The van der Waals surface area contributed by atoms with Crippen molar-refractivity contribution in [1.29, 1.82) is 0 Å². The van der Waals surface area contributed by atoms with E-state index in [0.717, 1.165) is 43.6 Å². The Hall–Kier alpha value is -1.95. The molecule has 6 heteroatoms. The molecule has 1 spiro atoms.